The first-order chi connectivity index (χ1) is 8.02. The summed E-state index contributed by atoms with van der Waals surface area (Å²) in [5, 5.41) is 12.0. The highest BCUT2D eigenvalue weighted by Gasteiger charge is 2.49. The van der Waals surface area contributed by atoms with E-state index in [1.807, 2.05) is 13.8 Å². The molecule has 0 aromatic carbocycles. The summed E-state index contributed by atoms with van der Waals surface area (Å²) in [5.41, 5.74) is -1.07. The van der Waals surface area contributed by atoms with Crippen LogP contribution < -0.4 is 5.32 Å². The van der Waals surface area contributed by atoms with Gasteiger partial charge in [-0.1, -0.05) is 13.8 Å². The van der Waals surface area contributed by atoms with Gasteiger partial charge < -0.3 is 10.4 Å². The Bertz CT molecular complexity index is 326. The lowest BCUT2D eigenvalue weighted by Crippen LogP contribution is -2.55. The molecule has 0 spiro atoms. The van der Waals surface area contributed by atoms with E-state index in [1.165, 1.54) is 6.42 Å². The fourth-order valence-corrected chi connectivity index (χ4v) is 3.05. The Morgan fingerprint density at radius 1 is 1.18 bits per heavy atom. The second-order valence-corrected chi connectivity index (χ2v) is 5.51. The molecule has 2 unspecified atom stereocenters. The van der Waals surface area contributed by atoms with E-state index < -0.39 is 11.5 Å². The maximum Gasteiger partial charge on any atom is 0.329 e. The maximum absolute atomic E-state index is 12.1. The molecule has 2 N–H and O–H groups in total. The first-order valence-corrected chi connectivity index (χ1v) is 6.57. The van der Waals surface area contributed by atoms with Crippen LogP contribution in [0.2, 0.25) is 0 Å². The van der Waals surface area contributed by atoms with Gasteiger partial charge in [-0.15, -0.1) is 0 Å². The van der Waals surface area contributed by atoms with E-state index in [9.17, 15) is 14.7 Å². The van der Waals surface area contributed by atoms with Crippen molar-refractivity contribution in [3.63, 3.8) is 0 Å². The van der Waals surface area contributed by atoms with Crippen molar-refractivity contribution in [2.75, 3.05) is 0 Å². The van der Waals surface area contributed by atoms with Crippen molar-refractivity contribution in [2.45, 2.75) is 51.5 Å². The molecule has 96 valence electrons. The number of rotatable bonds is 5. The lowest BCUT2D eigenvalue weighted by molar-refractivity contribution is -0.148. The number of carboxylic acid groups (broad SMARTS) is 1. The highest BCUT2D eigenvalue weighted by Crippen LogP contribution is 2.54. The average Bonchev–Trinajstić information content (AvgIpc) is 2.92. The third-order valence-electron chi connectivity index (χ3n) is 4.59. The number of aliphatic carboxylic acids is 1. The van der Waals surface area contributed by atoms with Crippen LogP contribution in [0.15, 0.2) is 0 Å². The monoisotopic (exact) mass is 239 g/mol. The molecule has 1 amide bonds. The summed E-state index contributed by atoms with van der Waals surface area (Å²) < 4.78 is 0. The zero-order valence-corrected chi connectivity index (χ0v) is 10.5. The molecule has 17 heavy (non-hydrogen) atoms. The van der Waals surface area contributed by atoms with Gasteiger partial charge in [0, 0.05) is 5.92 Å². The van der Waals surface area contributed by atoms with E-state index in [1.54, 1.807) is 0 Å². The Hall–Kier alpha value is -1.06. The fourth-order valence-electron chi connectivity index (χ4n) is 3.05. The number of hydrogen-bond donors (Lipinski definition) is 2. The van der Waals surface area contributed by atoms with Crippen molar-refractivity contribution in [1.29, 1.82) is 0 Å². The highest BCUT2D eigenvalue weighted by molar-refractivity contribution is 5.88. The zero-order chi connectivity index (χ0) is 12.6. The van der Waals surface area contributed by atoms with Crippen LogP contribution in [0.5, 0.6) is 0 Å². The normalized spacial score (nSPS) is 30.8. The van der Waals surface area contributed by atoms with E-state index in [0.717, 1.165) is 24.7 Å². The van der Waals surface area contributed by atoms with Crippen molar-refractivity contribution in [3.05, 3.63) is 0 Å². The van der Waals surface area contributed by atoms with Gasteiger partial charge in [0.2, 0.25) is 5.91 Å². The summed E-state index contributed by atoms with van der Waals surface area (Å²) in [6, 6.07) is 0. The first-order valence-electron chi connectivity index (χ1n) is 6.57. The largest absolute Gasteiger partial charge is 0.480 e. The minimum absolute atomic E-state index is 0.0515. The van der Waals surface area contributed by atoms with Crippen LogP contribution in [0.1, 0.15) is 46.0 Å². The van der Waals surface area contributed by atoms with E-state index in [-0.39, 0.29) is 11.8 Å². The van der Waals surface area contributed by atoms with Gasteiger partial charge in [-0.25, -0.2) is 4.79 Å². The standard InChI is InChI=1S/C13H21NO3/c1-3-13(4-2,12(16)17)14-11(15)10-6-8-5-9(8)7-10/h8-10H,3-7H2,1-2H3,(H,14,15)(H,16,17). The van der Waals surface area contributed by atoms with Crippen LogP contribution in [0, 0.1) is 17.8 Å². The van der Waals surface area contributed by atoms with E-state index in [0.29, 0.717) is 12.8 Å². The summed E-state index contributed by atoms with van der Waals surface area (Å²) >= 11 is 0. The van der Waals surface area contributed by atoms with Gasteiger partial charge in [-0.05, 0) is 43.9 Å². The molecule has 0 radical (unpaired) electrons. The predicted molar refractivity (Wildman–Crippen MR) is 63.4 cm³/mol. The molecule has 2 aliphatic rings. The van der Waals surface area contributed by atoms with Gasteiger partial charge in [0.15, 0.2) is 0 Å². The van der Waals surface area contributed by atoms with Crippen LogP contribution in [0.3, 0.4) is 0 Å². The van der Waals surface area contributed by atoms with Gasteiger partial charge in [-0.2, -0.15) is 0 Å². The second kappa shape index (κ2) is 4.31. The van der Waals surface area contributed by atoms with E-state index in [4.69, 9.17) is 0 Å². The molecule has 0 aromatic heterocycles. The fraction of sp³-hybridized carbons (Fsp3) is 0.846. The Kier molecular flexibility index (Phi) is 3.15. The Labute approximate surface area is 102 Å². The van der Waals surface area contributed by atoms with Gasteiger partial charge >= 0.3 is 5.97 Å². The molecule has 2 rings (SSSR count). The lowest BCUT2D eigenvalue weighted by Gasteiger charge is -2.29. The minimum atomic E-state index is -1.07. The molecule has 2 atom stereocenters. The van der Waals surface area contributed by atoms with Crippen molar-refractivity contribution in [3.8, 4) is 0 Å². The van der Waals surface area contributed by atoms with Crippen LogP contribution in [-0.2, 0) is 9.59 Å². The second-order valence-electron chi connectivity index (χ2n) is 5.51. The zero-order valence-electron chi connectivity index (χ0n) is 10.5. The average molecular weight is 239 g/mol. The molecular formula is C13H21NO3. The molecule has 0 heterocycles. The molecular weight excluding hydrogens is 218 g/mol. The summed E-state index contributed by atoms with van der Waals surface area (Å²) in [4.78, 5) is 23.4. The number of carbonyl (C=O) groups is 2. The topological polar surface area (TPSA) is 66.4 Å². The quantitative estimate of drug-likeness (QED) is 0.768. The number of carbonyl (C=O) groups excluding carboxylic acids is 1. The minimum Gasteiger partial charge on any atom is -0.480 e. The molecule has 0 aromatic rings. The van der Waals surface area contributed by atoms with Crippen molar-refractivity contribution in [1.82, 2.24) is 5.32 Å². The predicted octanol–water partition coefficient (Wildman–Crippen LogP) is 1.79. The summed E-state index contributed by atoms with van der Waals surface area (Å²) in [6.07, 6.45) is 4.06. The number of amides is 1. The molecule has 2 fully saturated rings. The molecule has 0 saturated heterocycles. The lowest BCUT2D eigenvalue weighted by atomic mass is 9.91. The molecule has 4 heteroatoms. The van der Waals surface area contributed by atoms with Crippen molar-refractivity contribution in [2.24, 2.45) is 17.8 Å². The molecule has 4 nitrogen and oxygen atoms in total. The van der Waals surface area contributed by atoms with Crippen LogP contribution in [0.4, 0.5) is 0 Å². The number of hydrogen-bond acceptors (Lipinski definition) is 2. The third-order valence-corrected chi connectivity index (χ3v) is 4.59. The van der Waals surface area contributed by atoms with E-state index >= 15 is 0 Å². The Morgan fingerprint density at radius 3 is 2.12 bits per heavy atom. The summed E-state index contributed by atoms with van der Waals surface area (Å²) in [5.74, 6) is 0.569. The van der Waals surface area contributed by atoms with Gasteiger partial charge in [0.25, 0.3) is 0 Å². The maximum atomic E-state index is 12.1. The van der Waals surface area contributed by atoms with E-state index in [2.05, 4.69) is 5.32 Å². The van der Waals surface area contributed by atoms with Crippen LogP contribution in [0.25, 0.3) is 0 Å². The molecule has 2 saturated carbocycles. The Balaban J connectivity index is 1.97. The highest BCUT2D eigenvalue weighted by atomic mass is 16.4. The van der Waals surface area contributed by atoms with Gasteiger partial charge in [0.1, 0.15) is 5.54 Å². The smallest absolute Gasteiger partial charge is 0.329 e. The number of fused-ring (bicyclic) bond motifs is 1. The summed E-state index contributed by atoms with van der Waals surface area (Å²) in [7, 11) is 0. The number of nitrogens with one attached hydrogen (secondary N) is 1. The van der Waals surface area contributed by atoms with Crippen LogP contribution >= 0.6 is 0 Å². The molecule has 0 bridgehead atoms. The van der Waals surface area contributed by atoms with Crippen LogP contribution in [-0.4, -0.2) is 22.5 Å². The Morgan fingerprint density at radius 2 is 1.71 bits per heavy atom. The molecule has 2 aliphatic carbocycles. The summed E-state index contributed by atoms with van der Waals surface area (Å²) in [6.45, 7) is 3.62. The van der Waals surface area contributed by atoms with Crippen molar-refractivity contribution >= 4 is 11.9 Å². The molecule has 0 aliphatic heterocycles. The van der Waals surface area contributed by atoms with Gasteiger partial charge in [0.05, 0.1) is 0 Å². The third kappa shape index (κ3) is 2.17. The first kappa shape index (κ1) is 12.4. The SMILES string of the molecule is CCC(CC)(NC(=O)C1CC2CC2C1)C(=O)O. The number of carboxylic acids is 1. The van der Waals surface area contributed by atoms with Gasteiger partial charge in [-0.3, -0.25) is 4.79 Å². The van der Waals surface area contributed by atoms with Crippen molar-refractivity contribution < 1.29 is 14.7 Å².